The van der Waals surface area contributed by atoms with Crippen molar-refractivity contribution in [2.45, 2.75) is 46.2 Å². The van der Waals surface area contributed by atoms with Crippen molar-refractivity contribution in [2.75, 3.05) is 25.6 Å². The normalized spacial score (nSPS) is 11.5. The summed E-state index contributed by atoms with van der Waals surface area (Å²) in [4.78, 5) is 18.7. The lowest BCUT2D eigenvalue weighted by atomic mass is 10.2. The summed E-state index contributed by atoms with van der Waals surface area (Å²) in [6.45, 7) is 10.4. The summed E-state index contributed by atoms with van der Waals surface area (Å²) < 4.78 is 11.4. The highest BCUT2D eigenvalue weighted by Crippen LogP contribution is 2.30. The molecule has 2 aromatic rings. The zero-order valence-corrected chi connectivity index (χ0v) is 18.6. The number of aromatic nitrogens is 1. The number of hydrogen-bond acceptors (Lipinski definition) is 5. The van der Waals surface area contributed by atoms with Crippen LogP contribution >= 0.6 is 0 Å². The molecule has 0 atom stereocenters. The second-order valence-electron chi connectivity index (χ2n) is 7.60. The van der Waals surface area contributed by atoms with Crippen LogP contribution in [-0.4, -0.2) is 48.1 Å². The third kappa shape index (κ3) is 7.52. The molecule has 0 aliphatic carbocycles. The second-order valence-corrected chi connectivity index (χ2v) is 7.60. The topological polar surface area (TPSA) is 63.7 Å². The van der Waals surface area contributed by atoms with Gasteiger partial charge in [0.05, 0.1) is 13.7 Å². The maximum absolute atomic E-state index is 12.2. The van der Waals surface area contributed by atoms with Gasteiger partial charge in [-0.25, -0.2) is 0 Å². The maximum atomic E-state index is 12.2. The van der Waals surface area contributed by atoms with Crippen LogP contribution in [0.5, 0.6) is 11.5 Å². The lowest BCUT2D eigenvalue weighted by molar-refractivity contribution is -0.111. The lowest BCUT2D eigenvalue weighted by Crippen LogP contribution is -2.38. The molecule has 0 unspecified atom stereocenters. The molecule has 0 spiro atoms. The summed E-state index contributed by atoms with van der Waals surface area (Å²) in [5.41, 5.74) is 1.51. The van der Waals surface area contributed by atoms with E-state index in [2.05, 4.69) is 42.9 Å². The molecule has 0 aliphatic heterocycles. The van der Waals surface area contributed by atoms with E-state index in [-0.39, 0.29) is 5.91 Å². The molecule has 2 rings (SSSR count). The van der Waals surface area contributed by atoms with Crippen molar-refractivity contribution >= 4 is 17.7 Å². The largest absolute Gasteiger partial charge is 0.493 e. The average molecular weight is 412 g/mol. The quantitative estimate of drug-likeness (QED) is 0.431. The van der Waals surface area contributed by atoms with E-state index >= 15 is 0 Å². The number of amides is 1. The summed E-state index contributed by atoms with van der Waals surface area (Å²) in [5.74, 6) is 1.04. The highest BCUT2D eigenvalue weighted by molar-refractivity contribution is 6.02. The molecule has 0 saturated heterocycles. The van der Waals surface area contributed by atoms with Gasteiger partial charge in [0, 0.05) is 48.9 Å². The number of carbonyl (C=O) groups is 1. The monoisotopic (exact) mass is 411 g/mol. The van der Waals surface area contributed by atoms with Crippen LogP contribution in [0.25, 0.3) is 6.08 Å². The Labute approximate surface area is 179 Å². The second kappa shape index (κ2) is 12.0. The molecule has 1 amide bonds. The summed E-state index contributed by atoms with van der Waals surface area (Å²) in [7, 11) is 1.61. The summed E-state index contributed by atoms with van der Waals surface area (Å²) in [6.07, 6.45) is 7.50. The van der Waals surface area contributed by atoms with Gasteiger partial charge in [0.25, 0.3) is 0 Å². The maximum Gasteiger partial charge on any atom is 0.248 e. The van der Waals surface area contributed by atoms with E-state index in [1.54, 1.807) is 43.8 Å². The zero-order chi connectivity index (χ0) is 21.9. The standard InChI is InChI=1S/C24H33N3O3/c1-18(2)27(19(3)4)14-7-15-30-23-16-21(10-11-22(23)29-5)26-24(28)12-9-20-8-6-13-25-17-20/h6,8-13,16-19H,7,14-15H2,1-5H3,(H,26,28)/b12-9+. The number of hydrogen-bond donors (Lipinski definition) is 1. The summed E-state index contributed by atoms with van der Waals surface area (Å²) >= 11 is 0. The molecule has 6 heteroatoms. The minimum Gasteiger partial charge on any atom is -0.493 e. The SMILES string of the molecule is COc1ccc(NC(=O)/C=C/c2cccnc2)cc1OCCCN(C(C)C)C(C)C. The van der Waals surface area contributed by atoms with Gasteiger partial charge in [-0.05, 0) is 64.0 Å². The van der Waals surface area contributed by atoms with Crippen molar-refractivity contribution in [3.8, 4) is 11.5 Å². The van der Waals surface area contributed by atoms with Crippen molar-refractivity contribution in [3.05, 3.63) is 54.4 Å². The van der Waals surface area contributed by atoms with Crippen molar-refractivity contribution in [3.63, 3.8) is 0 Å². The molecule has 0 aliphatic rings. The van der Waals surface area contributed by atoms with Gasteiger partial charge >= 0.3 is 0 Å². The minimum atomic E-state index is -0.223. The summed E-state index contributed by atoms with van der Waals surface area (Å²) in [5, 5.41) is 2.85. The van der Waals surface area contributed by atoms with Gasteiger partial charge in [0.1, 0.15) is 0 Å². The van der Waals surface area contributed by atoms with E-state index in [9.17, 15) is 4.79 Å². The molecular formula is C24H33N3O3. The zero-order valence-electron chi connectivity index (χ0n) is 18.6. The van der Waals surface area contributed by atoms with Crippen molar-refractivity contribution in [1.82, 2.24) is 9.88 Å². The Kier molecular flexibility index (Phi) is 9.35. The Morgan fingerprint density at radius 2 is 1.93 bits per heavy atom. The fraction of sp³-hybridized carbons (Fsp3) is 0.417. The van der Waals surface area contributed by atoms with E-state index in [0.29, 0.717) is 35.9 Å². The van der Waals surface area contributed by atoms with Gasteiger partial charge < -0.3 is 14.8 Å². The fourth-order valence-corrected chi connectivity index (χ4v) is 3.24. The number of rotatable bonds is 11. The van der Waals surface area contributed by atoms with Crippen molar-refractivity contribution in [1.29, 1.82) is 0 Å². The Balaban J connectivity index is 1.94. The Morgan fingerprint density at radius 3 is 2.57 bits per heavy atom. The highest BCUT2D eigenvalue weighted by atomic mass is 16.5. The number of carbonyl (C=O) groups excluding carboxylic acids is 1. The smallest absolute Gasteiger partial charge is 0.248 e. The van der Waals surface area contributed by atoms with Crippen molar-refractivity contribution in [2.24, 2.45) is 0 Å². The molecule has 30 heavy (non-hydrogen) atoms. The van der Waals surface area contributed by atoms with Crippen LogP contribution in [0.2, 0.25) is 0 Å². The molecule has 1 aromatic heterocycles. The van der Waals surface area contributed by atoms with Gasteiger partial charge in [0.15, 0.2) is 11.5 Å². The number of pyridine rings is 1. The third-order valence-electron chi connectivity index (χ3n) is 4.69. The van der Waals surface area contributed by atoms with E-state index in [0.717, 1.165) is 18.5 Å². The first-order chi connectivity index (χ1) is 14.4. The molecule has 0 saturated carbocycles. The third-order valence-corrected chi connectivity index (χ3v) is 4.69. The average Bonchev–Trinajstić information content (AvgIpc) is 2.72. The molecule has 162 valence electrons. The van der Waals surface area contributed by atoms with Crippen molar-refractivity contribution < 1.29 is 14.3 Å². The fourth-order valence-electron chi connectivity index (χ4n) is 3.24. The Bertz CT molecular complexity index is 812. The number of benzene rings is 1. The van der Waals surface area contributed by atoms with Crippen LogP contribution < -0.4 is 14.8 Å². The molecular weight excluding hydrogens is 378 g/mol. The van der Waals surface area contributed by atoms with E-state index in [4.69, 9.17) is 9.47 Å². The molecule has 1 aromatic carbocycles. The van der Waals surface area contributed by atoms with Crippen LogP contribution in [0.3, 0.4) is 0 Å². The van der Waals surface area contributed by atoms with Crippen LogP contribution in [0, 0.1) is 0 Å². The first-order valence-electron chi connectivity index (χ1n) is 10.4. The van der Waals surface area contributed by atoms with Gasteiger partial charge in [-0.15, -0.1) is 0 Å². The number of anilines is 1. The lowest BCUT2D eigenvalue weighted by Gasteiger charge is -2.30. The number of nitrogens with zero attached hydrogens (tertiary/aromatic N) is 2. The molecule has 0 radical (unpaired) electrons. The van der Waals surface area contributed by atoms with Crippen LogP contribution in [0.15, 0.2) is 48.8 Å². The molecule has 0 bridgehead atoms. The minimum absolute atomic E-state index is 0.223. The van der Waals surface area contributed by atoms with E-state index < -0.39 is 0 Å². The first kappa shape index (κ1) is 23.4. The number of ether oxygens (including phenoxy) is 2. The van der Waals surface area contributed by atoms with Gasteiger partial charge in [0.2, 0.25) is 5.91 Å². The van der Waals surface area contributed by atoms with Gasteiger partial charge in [-0.2, -0.15) is 0 Å². The van der Waals surface area contributed by atoms with E-state index in [1.165, 1.54) is 6.08 Å². The van der Waals surface area contributed by atoms with Gasteiger partial charge in [-0.3, -0.25) is 14.7 Å². The number of methoxy groups -OCH3 is 1. The van der Waals surface area contributed by atoms with Gasteiger partial charge in [-0.1, -0.05) is 6.07 Å². The highest BCUT2D eigenvalue weighted by Gasteiger charge is 2.13. The predicted octanol–water partition coefficient (Wildman–Crippen LogP) is 4.63. The Hall–Kier alpha value is -2.86. The number of nitrogens with one attached hydrogen (secondary N) is 1. The first-order valence-corrected chi connectivity index (χ1v) is 10.4. The van der Waals surface area contributed by atoms with Crippen LogP contribution in [-0.2, 0) is 4.79 Å². The predicted molar refractivity (Wildman–Crippen MR) is 122 cm³/mol. The molecule has 6 nitrogen and oxygen atoms in total. The van der Waals surface area contributed by atoms with Crippen LogP contribution in [0.1, 0.15) is 39.7 Å². The molecule has 1 heterocycles. The van der Waals surface area contributed by atoms with E-state index in [1.807, 2.05) is 12.1 Å². The van der Waals surface area contributed by atoms with Crippen LogP contribution in [0.4, 0.5) is 5.69 Å². The molecule has 1 N–H and O–H groups in total. The molecule has 0 fully saturated rings. The summed E-state index contributed by atoms with van der Waals surface area (Å²) in [6, 6.07) is 10.1. The Morgan fingerprint density at radius 1 is 1.17 bits per heavy atom.